The molecule has 3 aliphatic heterocycles. The number of carbonyl (C=O) groups is 9. The second kappa shape index (κ2) is 21.4. The molecule has 0 radical (unpaired) electrons. The molecule has 1 saturated carbocycles. The Bertz CT molecular complexity index is 2230. The molecule has 65 heavy (non-hydrogen) atoms. The Morgan fingerprint density at radius 2 is 0.923 bits per heavy atom. The molecule has 3 aromatic carbocycles. The molecule has 1 unspecified atom stereocenters. The summed E-state index contributed by atoms with van der Waals surface area (Å²) in [6.45, 7) is 6.26. The van der Waals surface area contributed by atoms with Crippen LogP contribution in [0.1, 0.15) is 72.6 Å². The molecule has 18 nitrogen and oxygen atoms in total. The highest BCUT2D eigenvalue weighted by Gasteiger charge is 2.53. The van der Waals surface area contributed by atoms with E-state index in [-0.39, 0.29) is 43.3 Å². The zero-order valence-electron chi connectivity index (χ0n) is 36.1. The van der Waals surface area contributed by atoms with Gasteiger partial charge in [0.2, 0.25) is 17.7 Å². The second-order valence-electron chi connectivity index (χ2n) is 15.9. The lowest BCUT2D eigenvalue weighted by Crippen LogP contribution is -2.46. The molecule has 6 N–H and O–H groups in total. The highest BCUT2D eigenvalue weighted by molar-refractivity contribution is 9.10. The van der Waals surface area contributed by atoms with Crippen molar-refractivity contribution >= 4 is 114 Å². The smallest absolute Gasteiger partial charge is 0.325 e. The van der Waals surface area contributed by atoms with Gasteiger partial charge in [-0.2, -0.15) is 0 Å². The highest BCUT2D eigenvalue weighted by Crippen LogP contribution is 2.35. The van der Waals surface area contributed by atoms with E-state index in [4.69, 9.17) is 11.6 Å². The van der Waals surface area contributed by atoms with Gasteiger partial charge in [0.15, 0.2) is 0 Å². The minimum Gasteiger partial charge on any atom is -0.325 e. The molecule has 1 atom stereocenters. The molecule has 0 aromatic heterocycles. The summed E-state index contributed by atoms with van der Waals surface area (Å²) in [6, 6.07) is 19.2. The Hall–Kier alpha value is -5.86. The summed E-state index contributed by atoms with van der Waals surface area (Å²) in [4.78, 5) is 112. The number of anilines is 3. The number of carbonyl (C=O) groups excluding carboxylic acids is 9. The van der Waals surface area contributed by atoms with Crippen molar-refractivity contribution in [1.82, 2.24) is 30.7 Å². The molecule has 12 amide bonds. The molecule has 1 aliphatic carbocycles. The first-order chi connectivity index (χ1) is 30.8. The average molecular weight is 1040 g/mol. The lowest BCUT2D eigenvalue weighted by Gasteiger charge is -2.23. The van der Waals surface area contributed by atoms with E-state index in [1.54, 1.807) is 79.7 Å². The number of imide groups is 3. The van der Waals surface area contributed by atoms with Gasteiger partial charge in [0.1, 0.15) is 36.3 Å². The van der Waals surface area contributed by atoms with Gasteiger partial charge in [-0.15, -0.1) is 0 Å². The van der Waals surface area contributed by atoms with Gasteiger partial charge in [-0.05, 0) is 112 Å². The first-order valence-electron chi connectivity index (χ1n) is 20.9. The minimum atomic E-state index is -0.922. The molecular formula is C44H50Br2ClN9O9. The van der Waals surface area contributed by atoms with Crippen LogP contribution >= 0.6 is 43.5 Å². The molecule has 4 fully saturated rings. The maximum atomic E-state index is 12.4. The van der Waals surface area contributed by atoms with E-state index in [9.17, 15) is 43.2 Å². The Balaban J connectivity index is 0.000000183. The Morgan fingerprint density at radius 3 is 1.31 bits per heavy atom. The lowest BCUT2D eigenvalue weighted by atomic mass is 9.93. The molecule has 7 rings (SSSR count). The number of hydrogen-bond donors (Lipinski definition) is 6. The lowest BCUT2D eigenvalue weighted by molar-refractivity contribution is -0.134. The predicted molar refractivity (Wildman–Crippen MR) is 250 cm³/mol. The van der Waals surface area contributed by atoms with Gasteiger partial charge in [-0.1, -0.05) is 77.1 Å². The Labute approximate surface area is 397 Å². The molecule has 3 aromatic rings. The second-order valence-corrected chi connectivity index (χ2v) is 18.2. The van der Waals surface area contributed by atoms with Crippen molar-refractivity contribution < 1.29 is 43.2 Å². The molecule has 346 valence electrons. The highest BCUT2D eigenvalue weighted by atomic mass is 79.9. The summed E-state index contributed by atoms with van der Waals surface area (Å²) in [6.07, 6.45) is 4.61. The fourth-order valence-corrected chi connectivity index (χ4v) is 8.10. The van der Waals surface area contributed by atoms with E-state index in [1.807, 2.05) is 20.8 Å². The molecule has 4 aliphatic rings. The summed E-state index contributed by atoms with van der Waals surface area (Å²) < 4.78 is 1.80. The van der Waals surface area contributed by atoms with E-state index in [0.717, 1.165) is 36.5 Å². The number of amides is 12. The maximum absolute atomic E-state index is 12.4. The van der Waals surface area contributed by atoms with Crippen LogP contribution in [-0.2, 0) is 28.8 Å². The van der Waals surface area contributed by atoms with Gasteiger partial charge in [0.25, 0.3) is 17.7 Å². The number of hydrogen-bond acceptors (Lipinski definition) is 9. The van der Waals surface area contributed by atoms with E-state index in [2.05, 4.69) is 63.8 Å². The SMILES string of the molecule is CCC1(C)NC(=O)N(CC(=O)Nc2ccc(Br)cc2)C1=O.CCC1(CC)NC(=O)N(CC(=O)Nc2ccc(Cl)cc2)C1=O.O=C(CN1C(=O)NC2(CCCC2)C1=O)Nc1ccc(Br)cc1. The zero-order valence-corrected chi connectivity index (χ0v) is 40.1. The van der Waals surface area contributed by atoms with E-state index in [1.165, 1.54) is 0 Å². The molecule has 21 heteroatoms. The average Bonchev–Trinajstić information content (AvgIpc) is 3.97. The third-order valence-corrected chi connectivity index (χ3v) is 12.8. The summed E-state index contributed by atoms with van der Waals surface area (Å²) >= 11 is 12.4. The molecule has 3 heterocycles. The quantitative estimate of drug-likeness (QED) is 0.105. The summed E-state index contributed by atoms with van der Waals surface area (Å²) in [7, 11) is 0. The monoisotopic (exact) mass is 1040 g/mol. The van der Waals surface area contributed by atoms with Crippen molar-refractivity contribution in [3.8, 4) is 0 Å². The van der Waals surface area contributed by atoms with Gasteiger partial charge in [0.05, 0.1) is 0 Å². The largest absolute Gasteiger partial charge is 0.325 e. The van der Waals surface area contributed by atoms with Crippen molar-refractivity contribution in [2.75, 3.05) is 35.6 Å². The Morgan fingerprint density at radius 1 is 0.554 bits per heavy atom. The van der Waals surface area contributed by atoms with Gasteiger partial charge in [-0.3, -0.25) is 43.5 Å². The summed E-state index contributed by atoms with van der Waals surface area (Å²) in [5, 5.41) is 16.6. The Kier molecular flexibility index (Phi) is 16.5. The van der Waals surface area contributed by atoms with Gasteiger partial charge < -0.3 is 31.9 Å². The third-order valence-electron chi connectivity index (χ3n) is 11.5. The van der Waals surface area contributed by atoms with Gasteiger partial charge >= 0.3 is 18.1 Å². The fraction of sp³-hybridized carbons (Fsp3) is 0.386. The molecule has 0 bridgehead atoms. The van der Waals surface area contributed by atoms with Crippen LogP contribution in [0.25, 0.3) is 0 Å². The van der Waals surface area contributed by atoms with Crippen LogP contribution in [0.2, 0.25) is 5.02 Å². The first-order valence-corrected chi connectivity index (χ1v) is 22.8. The number of rotatable bonds is 12. The molecular weight excluding hydrogens is 994 g/mol. The third kappa shape index (κ3) is 12.1. The standard InChI is InChI=1S/C15H16BrN3O3.C15H18ClN3O3.C14H16BrN3O3/c16-10-3-5-11(6-4-10)17-12(20)9-19-13(21)15(18-14(19)22)7-1-2-8-15;1-3-15(4-2)13(21)19(14(22)18-15)9-12(20)17-11-7-5-10(16)6-8-11;1-3-14(2)12(20)18(13(21)17-14)8-11(19)16-10-6-4-9(15)5-7-10/h3-6H,1-2,7-9H2,(H,17,20)(H,18,22);5-8H,3-4,9H2,1-2H3,(H,17,20)(H,18,22);4-7H,3,8H2,1-2H3,(H,16,19)(H,17,21). The predicted octanol–water partition coefficient (Wildman–Crippen LogP) is 6.75. The van der Waals surface area contributed by atoms with E-state index in [0.29, 0.717) is 54.2 Å². The van der Waals surface area contributed by atoms with Crippen LogP contribution in [-0.4, -0.2) is 104 Å². The number of urea groups is 3. The van der Waals surface area contributed by atoms with Crippen molar-refractivity contribution in [3.63, 3.8) is 0 Å². The number of halogens is 3. The zero-order chi connectivity index (χ0) is 47.7. The van der Waals surface area contributed by atoms with Crippen molar-refractivity contribution in [2.24, 2.45) is 0 Å². The number of benzene rings is 3. The van der Waals surface area contributed by atoms with Crippen LogP contribution in [0.15, 0.2) is 81.7 Å². The van der Waals surface area contributed by atoms with Crippen LogP contribution in [0, 0.1) is 0 Å². The van der Waals surface area contributed by atoms with Crippen molar-refractivity contribution in [3.05, 3.63) is 86.8 Å². The summed E-state index contributed by atoms with van der Waals surface area (Å²) in [5.74, 6) is -2.24. The van der Waals surface area contributed by atoms with Gasteiger partial charge in [-0.25, -0.2) is 14.4 Å². The molecule has 3 saturated heterocycles. The maximum Gasteiger partial charge on any atom is 0.325 e. The van der Waals surface area contributed by atoms with Crippen LogP contribution < -0.4 is 31.9 Å². The number of nitrogens with one attached hydrogen (secondary N) is 6. The van der Waals surface area contributed by atoms with Crippen molar-refractivity contribution in [1.29, 1.82) is 0 Å². The number of nitrogens with zero attached hydrogens (tertiary/aromatic N) is 3. The van der Waals surface area contributed by atoms with E-state index < -0.39 is 46.5 Å². The van der Waals surface area contributed by atoms with Crippen LogP contribution in [0.4, 0.5) is 31.4 Å². The fourth-order valence-electron chi connectivity index (χ4n) is 7.45. The topological polar surface area (TPSA) is 236 Å². The van der Waals surface area contributed by atoms with Crippen molar-refractivity contribution in [2.45, 2.75) is 89.3 Å². The van der Waals surface area contributed by atoms with Crippen LogP contribution in [0.3, 0.4) is 0 Å². The minimum absolute atomic E-state index is 0.261. The first kappa shape index (κ1) is 50.1. The molecule has 1 spiro atoms. The van der Waals surface area contributed by atoms with E-state index >= 15 is 0 Å². The van der Waals surface area contributed by atoms with Gasteiger partial charge in [0, 0.05) is 31.0 Å². The van der Waals surface area contributed by atoms with Crippen LogP contribution in [0.5, 0.6) is 0 Å². The summed E-state index contributed by atoms with van der Waals surface area (Å²) in [5.41, 5.74) is -0.801. The normalized spacial score (nSPS) is 19.2.